The number of aromatic nitrogens is 1. The van der Waals surface area contributed by atoms with Crippen molar-refractivity contribution in [2.75, 3.05) is 25.5 Å². The highest BCUT2D eigenvalue weighted by molar-refractivity contribution is 6.32. The third-order valence-electron chi connectivity index (χ3n) is 4.04. The highest BCUT2D eigenvalue weighted by atomic mass is 35.5. The van der Waals surface area contributed by atoms with Crippen molar-refractivity contribution in [1.29, 1.82) is 0 Å². The van der Waals surface area contributed by atoms with Crippen LogP contribution >= 0.6 is 11.6 Å². The molecule has 1 aliphatic heterocycles. The number of nitrogens with zero attached hydrogens (tertiary/aromatic N) is 2. The van der Waals surface area contributed by atoms with E-state index in [4.69, 9.17) is 16.3 Å². The van der Waals surface area contributed by atoms with Crippen LogP contribution in [0, 0.1) is 0 Å². The van der Waals surface area contributed by atoms with E-state index in [9.17, 15) is 9.59 Å². The highest BCUT2D eigenvalue weighted by Crippen LogP contribution is 2.27. The van der Waals surface area contributed by atoms with Gasteiger partial charge in [-0.05, 0) is 43.2 Å². The van der Waals surface area contributed by atoms with Gasteiger partial charge in [-0.3, -0.25) is 14.6 Å². The summed E-state index contributed by atoms with van der Waals surface area (Å²) in [5.74, 6) is 0.0563. The largest absolute Gasteiger partial charge is 0.495 e. The number of likely N-dealkylation sites (tertiary alicyclic amines) is 1. The lowest BCUT2D eigenvalue weighted by molar-refractivity contribution is 0.0787. The number of rotatable bonds is 4. The van der Waals surface area contributed by atoms with Gasteiger partial charge < -0.3 is 15.0 Å². The minimum Gasteiger partial charge on any atom is -0.495 e. The first-order valence-corrected chi connectivity index (χ1v) is 8.36. The van der Waals surface area contributed by atoms with Crippen LogP contribution in [0.1, 0.15) is 33.7 Å². The van der Waals surface area contributed by atoms with E-state index in [2.05, 4.69) is 10.3 Å². The summed E-state index contributed by atoms with van der Waals surface area (Å²) < 4.78 is 5.09. The molecule has 7 heteroatoms. The molecule has 0 spiro atoms. The van der Waals surface area contributed by atoms with Crippen molar-refractivity contribution < 1.29 is 14.3 Å². The fourth-order valence-electron chi connectivity index (χ4n) is 2.72. The van der Waals surface area contributed by atoms with Gasteiger partial charge in [-0.2, -0.15) is 0 Å². The van der Waals surface area contributed by atoms with Crippen molar-refractivity contribution in [3.63, 3.8) is 0 Å². The number of hydrogen-bond acceptors (Lipinski definition) is 4. The van der Waals surface area contributed by atoms with Crippen LogP contribution in [0.25, 0.3) is 0 Å². The molecule has 130 valence electrons. The van der Waals surface area contributed by atoms with Crippen LogP contribution in [-0.4, -0.2) is 41.9 Å². The molecular formula is C18H18ClN3O3. The van der Waals surface area contributed by atoms with Gasteiger partial charge in [-0.15, -0.1) is 0 Å². The molecule has 2 amide bonds. The second-order valence-electron chi connectivity index (χ2n) is 5.73. The van der Waals surface area contributed by atoms with Crippen LogP contribution in [0.5, 0.6) is 5.75 Å². The summed E-state index contributed by atoms with van der Waals surface area (Å²) in [6.45, 7) is 1.47. The Labute approximate surface area is 150 Å². The number of hydrogen-bond donors (Lipinski definition) is 1. The maximum absolute atomic E-state index is 12.4. The van der Waals surface area contributed by atoms with Gasteiger partial charge in [-0.25, -0.2) is 0 Å². The number of carbonyl (C=O) groups excluding carboxylic acids is 2. The summed E-state index contributed by atoms with van der Waals surface area (Å²) in [4.78, 5) is 30.7. The van der Waals surface area contributed by atoms with E-state index in [0.29, 0.717) is 22.0 Å². The molecule has 1 aromatic heterocycles. The molecule has 25 heavy (non-hydrogen) atoms. The second kappa shape index (κ2) is 7.53. The predicted octanol–water partition coefficient (Wildman–Crippen LogP) is 3.23. The lowest BCUT2D eigenvalue weighted by atomic mass is 10.2. The summed E-state index contributed by atoms with van der Waals surface area (Å²) in [5, 5.41) is 3.16. The zero-order valence-corrected chi connectivity index (χ0v) is 14.5. The lowest BCUT2D eigenvalue weighted by Gasteiger charge is -2.14. The minimum atomic E-state index is -0.334. The van der Waals surface area contributed by atoms with Gasteiger partial charge in [-0.1, -0.05) is 11.6 Å². The van der Waals surface area contributed by atoms with Crippen molar-refractivity contribution in [2.24, 2.45) is 0 Å². The van der Waals surface area contributed by atoms with E-state index >= 15 is 0 Å². The highest BCUT2D eigenvalue weighted by Gasteiger charge is 2.21. The van der Waals surface area contributed by atoms with Crippen LogP contribution in [0.3, 0.4) is 0 Å². The molecule has 0 atom stereocenters. The van der Waals surface area contributed by atoms with Crippen LogP contribution < -0.4 is 10.1 Å². The molecule has 0 aliphatic carbocycles. The number of halogens is 1. The number of ether oxygens (including phenoxy) is 1. The van der Waals surface area contributed by atoms with Crippen molar-refractivity contribution in [3.05, 3.63) is 52.8 Å². The molecule has 0 saturated carbocycles. The molecule has 0 bridgehead atoms. The SMILES string of the molecule is COc1ccc(NC(=O)c2ccnc(C(=O)N3CCCC3)c2)cc1Cl. The Kier molecular flexibility index (Phi) is 5.19. The molecule has 2 heterocycles. The number of carbonyl (C=O) groups is 2. The van der Waals surface area contributed by atoms with E-state index in [0.717, 1.165) is 25.9 Å². The zero-order valence-electron chi connectivity index (χ0n) is 13.8. The molecule has 1 N–H and O–H groups in total. The summed E-state index contributed by atoms with van der Waals surface area (Å²) in [6.07, 6.45) is 3.48. The lowest BCUT2D eigenvalue weighted by Crippen LogP contribution is -2.28. The minimum absolute atomic E-state index is 0.139. The van der Waals surface area contributed by atoms with Gasteiger partial charge >= 0.3 is 0 Å². The molecule has 1 fully saturated rings. The van der Waals surface area contributed by atoms with Crippen molar-refractivity contribution in [1.82, 2.24) is 9.88 Å². The second-order valence-corrected chi connectivity index (χ2v) is 6.14. The quantitative estimate of drug-likeness (QED) is 0.909. The Morgan fingerprint density at radius 3 is 2.64 bits per heavy atom. The van der Waals surface area contributed by atoms with Crippen LogP contribution in [0.2, 0.25) is 5.02 Å². The number of amides is 2. The van der Waals surface area contributed by atoms with Crippen LogP contribution in [0.4, 0.5) is 5.69 Å². The first-order chi connectivity index (χ1) is 12.1. The number of methoxy groups -OCH3 is 1. The topological polar surface area (TPSA) is 71.5 Å². The Morgan fingerprint density at radius 2 is 1.96 bits per heavy atom. The molecular weight excluding hydrogens is 342 g/mol. The molecule has 1 aromatic carbocycles. The third-order valence-corrected chi connectivity index (χ3v) is 4.34. The average Bonchev–Trinajstić information content (AvgIpc) is 3.16. The third kappa shape index (κ3) is 3.91. The van der Waals surface area contributed by atoms with Gasteiger partial charge in [0.05, 0.1) is 12.1 Å². The first kappa shape index (κ1) is 17.2. The normalized spacial score (nSPS) is 13.6. The molecule has 6 nitrogen and oxygen atoms in total. The van der Waals surface area contributed by atoms with E-state index in [1.54, 1.807) is 29.2 Å². The summed E-state index contributed by atoms with van der Waals surface area (Å²) >= 11 is 6.06. The van der Waals surface area contributed by atoms with Crippen molar-refractivity contribution in [2.45, 2.75) is 12.8 Å². The van der Waals surface area contributed by atoms with E-state index in [-0.39, 0.29) is 17.5 Å². The van der Waals surface area contributed by atoms with Gasteiger partial charge in [0, 0.05) is 30.5 Å². The number of pyridine rings is 1. The average molecular weight is 360 g/mol. The maximum atomic E-state index is 12.4. The Bertz CT molecular complexity index is 804. The summed E-state index contributed by atoms with van der Waals surface area (Å²) in [6, 6.07) is 8.06. The molecule has 0 unspecified atom stereocenters. The number of anilines is 1. The molecule has 1 saturated heterocycles. The van der Waals surface area contributed by atoms with Gasteiger partial charge in [0.1, 0.15) is 11.4 Å². The fourth-order valence-corrected chi connectivity index (χ4v) is 2.98. The van der Waals surface area contributed by atoms with E-state index < -0.39 is 0 Å². The van der Waals surface area contributed by atoms with Gasteiger partial charge in [0.25, 0.3) is 11.8 Å². The summed E-state index contributed by atoms with van der Waals surface area (Å²) in [5.41, 5.74) is 1.19. The van der Waals surface area contributed by atoms with Crippen LogP contribution in [0.15, 0.2) is 36.5 Å². The smallest absolute Gasteiger partial charge is 0.272 e. The van der Waals surface area contributed by atoms with E-state index in [1.807, 2.05) is 0 Å². The van der Waals surface area contributed by atoms with Gasteiger partial charge in [0.15, 0.2) is 0 Å². The van der Waals surface area contributed by atoms with Crippen molar-refractivity contribution >= 4 is 29.1 Å². The Balaban J connectivity index is 1.75. The zero-order chi connectivity index (χ0) is 17.8. The standard InChI is InChI=1S/C18H18ClN3O3/c1-25-16-5-4-13(11-14(16)19)21-17(23)12-6-7-20-15(10-12)18(24)22-8-2-3-9-22/h4-7,10-11H,2-3,8-9H2,1H3,(H,21,23). The number of nitrogens with one attached hydrogen (secondary N) is 1. The Morgan fingerprint density at radius 1 is 1.20 bits per heavy atom. The van der Waals surface area contributed by atoms with Crippen molar-refractivity contribution in [3.8, 4) is 5.75 Å². The molecule has 2 aromatic rings. The monoisotopic (exact) mass is 359 g/mol. The molecule has 0 radical (unpaired) electrons. The fraction of sp³-hybridized carbons (Fsp3) is 0.278. The molecule has 1 aliphatic rings. The predicted molar refractivity (Wildman–Crippen MR) is 95.3 cm³/mol. The first-order valence-electron chi connectivity index (χ1n) is 7.98. The van der Waals surface area contributed by atoms with E-state index in [1.165, 1.54) is 19.4 Å². The van der Waals surface area contributed by atoms with Gasteiger partial charge in [0.2, 0.25) is 0 Å². The molecule has 3 rings (SSSR count). The van der Waals surface area contributed by atoms with Crippen LogP contribution in [-0.2, 0) is 0 Å². The number of benzene rings is 1. The maximum Gasteiger partial charge on any atom is 0.272 e. The Hall–Kier alpha value is -2.60. The summed E-state index contributed by atoms with van der Waals surface area (Å²) in [7, 11) is 1.52.